The molecule has 7 nitrogen and oxygen atoms in total. The standard InChI is InChI=1S/C21H19ClN2O5/c1-14-17(20(22)24(23-14)12-15-6-4-3-5-7-15)9-11-19(25)28-13-16-8-10-18(29-16)21(26)27-2/h3-11H,12-13H2,1-2H3/b11-9+. The number of aryl methyl sites for hydroxylation is 1. The van der Waals surface area contributed by atoms with Gasteiger partial charge in [-0.2, -0.15) is 5.10 Å². The number of ether oxygens (including phenoxy) is 2. The molecule has 8 heteroatoms. The van der Waals surface area contributed by atoms with Crippen molar-refractivity contribution in [3.05, 3.63) is 82.0 Å². The van der Waals surface area contributed by atoms with Crippen molar-refractivity contribution in [1.82, 2.24) is 9.78 Å². The summed E-state index contributed by atoms with van der Waals surface area (Å²) in [7, 11) is 1.25. The predicted octanol–water partition coefficient (Wildman–Crippen LogP) is 4.03. The van der Waals surface area contributed by atoms with Crippen LogP contribution in [0.3, 0.4) is 0 Å². The summed E-state index contributed by atoms with van der Waals surface area (Å²) in [6, 6.07) is 12.8. The zero-order valence-electron chi connectivity index (χ0n) is 15.9. The summed E-state index contributed by atoms with van der Waals surface area (Å²) >= 11 is 6.42. The second-order valence-electron chi connectivity index (χ2n) is 6.13. The van der Waals surface area contributed by atoms with E-state index in [1.807, 2.05) is 37.3 Å². The van der Waals surface area contributed by atoms with Gasteiger partial charge in [-0.15, -0.1) is 0 Å². The normalized spacial score (nSPS) is 11.0. The van der Waals surface area contributed by atoms with Crippen molar-refractivity contribution in [2.45, 2.75) is 20.1 Å². The van der Waals surface area contributed by atoms with E-state index in [2.05, 4.69) is 9.84 Å². The second-order valence-corrected chi connectivity index (χ2v) is 6.49. The van der Waals surface area contributed by atoms with Crippen molar-refractivity contribution < 1.29 is 23.5 Å². The number of aromatic nitrogens is 2. The molecule has 0 saturated heterocycles. The number of esters is 2. The van der Waals surface area contributed by atoms with E-state index < -0.39 is 11.9 Å². The molecule has 0 bridgehead atoms. The Morgan fingerprint density at radius 1 is 1.21 bits per heavy atom. The SMILES string of the molecule is COC(=O)c1ccc(COC(=O)/C=C/c2c(C)nn(Cc3ccccc3)c2Cl)o1. The first-order valence-corrected chi connectivity index (χ1v) is 9.14. The molecule has 0 unspecified atom stereocenters. The van der Waals surface area contributed by atoms with E-state index in [1.165, 1.54) is 25.3 Å². The van der Waals surface area contributed by atoms with Crippen LogP contribution in [0.1, 0.15) is 33.1 Å². The average molecular weight is 415 g/mol. The fourth-order valence-corrected chi connectivity index (χ4v) is 2.92. The summed E-state index contributed by atoms with van der Waals surface area (Å²) in [4.78, 5) is 23.3. The molecule has 29 heavy (non-hydrogen) atoms. The van der Waals surface area contributed by atoms with Gasteiger partial charge in [0.15, 0.2) is 0 Å². The van der Waals surface area contributed by atoms with Crippen LogP contribution in [0.15, 0.2) is 53.0 Å². The summed E-state index contributed by atoms with van der Waals surface area (Å²) in [5, 5.41) is 4.86. The summed E-state index contributed by atoms with van der Waals surface area (Å²) < 4.78 is 16.6. The van der Waals surface area contributed by atoms with Gasteiger partial charge in [-0.05, 0) is 30.7 Å². The summed E-state index contributed by atoms with van der Waals surface area (Å²) in [6.45, 7) is 2.23. The van der Waals surface area contributed by atoms with E-state index >= 15 is 0 Å². The number of halogens is 1. The van der Waals surface area contributed by atoms with E-state index in [4.69, 9.17) is 20.8 Å². The number of rotatable bonds is 7. The van der Waals surface area contributed by atoms with Gasteiger partial charge in [0, 0.05) is 11.6 Å². The van der Waals surface area contributed by atoms with Crippen LogP contribution in [0.2, 0.25) is 5.15 Å². The fourth-order valence-electron chi connectivity index (χ4n) is 2.63. The van der Waals surface area contributed by atoms with Crippen molar-refractivity contribution in [2.24, 2.45) is 0 Å². The molecule has 3 rings (SSSR count). The zero-order valence-corrected chi connectivity index (χ0v) is 16.7. The van der Waals surface area contributed by atoms with E-state index in [-0.39, 0.29) is 12.4 Å². The van der Waals surface area contributed by atoms with Crippen LogP contribution < -0.4 is 0 Å². The Bertz CT molecular complexity index is 1040. The molecule has 0 amide bonds. The highest BCUT2D eigenvalue weighted by molar-refractivity contribution is 6.31. The smallest absolute Gasteiger partial charge is 0.373 e. The van der Waals surface area contributed by atoms with E-state index in [9.17, 15) is 9.59 Å². The number of carbonyl (C=O) groups is 2. The van der Waals surface area contributed by atoms with Gasteiger partial charge < -0.3 is 13.9 Å². The first-order chi connectivity index (χ1) is 14.0. The zero-order chi connectivity index (χ0) is 20.8. The van der Waals surface area contributed by atoms with Crippen LogP contribution in [0, 0.1) is 6.92 Å². The molecule has 0 N–H and O–H groups in total. The molecule has 0 spiro atoms. The number of benzene rings is 1. The molecule has 150 valence electrons. The molecule has 1 aromatic carbocycles. The van der Waals surface area contributed by atoms with Crippen molar-refractivity contribution >= 4 is 29.6 Å². The van der Waals surface area contributed by atoms with E-state index in [0.717, 1.165) is 5.56 Å². The minimum absolute atomic E-state index is 0.0438. The van der Waals surface area contributed by atoms with Crippen molar-refractivity contribution in [3.63, 3.8) is 0 Å². The lowest BCUT2D eigenvalue weighted by Crippen LogP contribution is -2.02. The van der Waals surface area contributed by atoms with Gasteiger partial charge in [0.2, 0.25) is 5.76 Å². The second kappa shape index (κ2) is 9.25. The summed E-state index contributed by atoms with van der Waals surface area (Å²) in [6.07, 6.45) is 2.84. The molecule has 0 aliphatic heterocycles. The van der Waals surface area contributed by atoms with Crippen molar-refractivity contribution in [2.75, 3.05) is 7.11 Å². The quantitative estimate of drug-likeness (QED) is 0.428. The maximum Gasteiger partial charge on any atom is 0.373 e. The third-order valence-electron chi connectivity index (χ3n) is 4.08. The maximum absolute atomic E-state index is 12.0. The summed E-state index contributed by atoms with van der Waals surface area (Å²) in [5.41, 5.74) is 2.41. The molecule has 0 saturated carbocycles. The third kappa shape index (κ3) is 5.14. The predicted molar refractivity (Wildman–Crippen MR) is 106 cm³/mol. The van der Waals surface area contributed by atoms with Crippen LogP contribution in [0.4, 0.5) is 0 Å². The molecule has 3 aromatic rings. The van der Waals surface area contributed by atoms with Crippen LogP contribution >= 0.6 is 11.6 Å². The summed E-state index contributed by atoms with van der Waals surface area (Å²) in [5.74, 6) is -0.799. The Morgan fingerprint density at radius 2 is 1.97 bits per heavy atom. The molecular weight excluding hydrogens is 396 g/mol. The van der Waals surface area contributed by atoms with Crippen LogP contribution in [-0.2, 0) is 27.4 Å². The van der Waals surface area contributed by atoms with Gasteiger partial charge >= 0.3 is 11.9 Å². The Labute approximate surface area is 172 Å². The highest BCUT2D eigenvalue weighted by Crippen LogP contribution is 2.22. The molecule has 0 fully saturated rings. The van der Waals surface area contributed by atoms with Gasteiger partial charge in [-0.25, -0.2) is 14.3 Å². The molecule has 0 aliphatic rings. The first kappa shape index (κ1) is 20.4. The van der Waals surface area contributed by atoms with Crippen molar-refractivity contribution in [3.8, 4) is 0 Å². The topological polar surface area (TPSA) is 83.6 Å². The molecule has 2 heterocycles. The van der Waals surface area contributed by atoms with Gasteiger partial charge in [0.1, 0.15) is 17.5 Å². The molecule has 0 aliphatic carbocycles. The molecular formula is C21H19ClN2O5. The number of hydrogen-bond donors (Lipinski definition) is 0. The maximum atomic E-state index is 12.0. The lowest BCUT2D eigenvalue weighted by Gasteiger charge is -2.03. The minimum Gasteiger partial charge on any atom is -0.463 e. The minimum atomic E-state index is -0.597. The Morgan fingerprint density at radius 3 is 2.69 bits per heavy atom. The highest BCUT2D eigenvalue weighted by Gasteiger charge is 2.13. The first-order valence-electron chi connectivity index (χ1n) is 8.76. The lowest BCUT2D eigenvalue weighted by molar-refractivity contribution is -0.139. The lowest BCUT2D eigenvalue weighted by atomic mass is 10.2. The number of hydrogen-bond acceptors (Lipinski definition) is 6. The van der Waals surface area contributed by atoms with Crippen LogP contribution in [0.5, 0.6) is 0 Å². The third-order valence-corrected chi connectivity index (χ3v) is 4.47. The molecule has 2 aromatic heterocycles. The number of methoxy groups -OCH3 is 1. The van der Waals surface area contributed by atoms with Gasteiger partial charge in [0.05, 0.1) is 19.3 Å². The van der Waals surface area contributed by atoms with Gasteiger partial charge in [-0.1, -0.05) is 41.9 Å². The Kier molecular flexibility index (Phi) is 6.51. The monoisotopic (exact) mass is 414 g/mol. The number of furan rings is 1. The van der Waals surface area contributed by atoms with E-state index in [0.29, 0.717) is 28.7 Å². The Balaban J connectivity index is 1.61. The van der Waals surface area contributed by atoms with Gasteiger partial charge in [-0.3, -0.25) is 0 Å². The number of carbonyl (C=O) groups excluding carboxylic acids is 2. The van der Waals surface area contributed by atoms with Crippen LogP contribution in [0.25, 0.3) is 6.08 Å². The highest BCUT2D eigenvalue weighted by atomic mass is 35.5. The average Bonchev–Trinajstić information content (AvgIpc) is 3.30. The van der Waals surface area contributed by atoms with Gasteiger partial charge in [0.25, 0.3) is 0 Å². The molecule has 0 atom stereocenters. The largest absolute Gasteiger partial charge is 0.463 e. The van der Waals surface area contributed by atoms with Crippen molar-refractivity contribution in [1.29, 1.82) is 0 Å². The van der Waals surface area contributed by atoms with Crippen LogP contribution in [-0.4, -0.2) is 28.8 Å². The molecule has 0 radical (unpaired) electrons. The van der Waals surface area contributed by atoms with E-state index in [1.54, 1.807) is 10.8 Å². The fraction of sp³-hybridized carbons (Fsp3) is 0.190. The Hall–Kier alpha value is -3.32. The number of nitrogens with zero attached hydrogens (tertiary/aromatic N) is 2.